The fourth-order valence-corrected chi connectivity index (χ4v) is 3.27. The molecule has 1 aliphatic rings. The first-order valence-electron chi connectivity index (χ1n) is 8.78. The van der Waals surface area contributed by atoms with Crippen LogP contribution in [0, 0.1) is 13.8 Å². The number of benzene rings is 1. The van der Waals surface area contributed by atoms with E-state index in [2.05, 4.69) is 15.5 Å². The van der Waals surface area contributed by atoms with E-state index < -0.39 is 0 Å². The number of carbonyl (C=O) groups is 1. The molecule has 1 aromatic carbocycles. The van der Waals surface area contributed by atoms with Crippen LogP contribution in [-0.2, 0) is 11.2 Å². The molecule has 3 aromatic rings. The first-order chi connectivity index (χ1) is 12.6. The van der Waals surface area contributed by atoms with Gasteiger partial charge in [0.25, 0.3) is 0 Å². The average Bonchev–Trinajstić information content (AvgIpc) is 3.20. The molecular formula is C19H21N5O2. The fourth-order valence-electron chi connectivity index (χ4n) is 3.27. The predicted molar refractivity (Wildman–Crippen MR) is 95.4 cm³/mol. The largest absolute Gasteiger partial charge is 0.361 e. The second-order valence-corrected chi connectivity index (χ2v) is 6.71. The molecule has 2 aromatic heterocycles. The van der Waals surface area contributed by atoms with Crippen LogP contribution in [0.5, 0.6) is 0 Å². The second-order valence-electron chi connectivity index (χ2n) is 6.71. The molecule has 1 aliphatic heterocycles. The quantitative estimate of drug-likeness (QED) is 0.706. The van der Waals surface area contributed by atoms with E-state index in [-0.39, 0.29) is 11.9 Å². The molecule has 1 saturated heterocycles. The Kier molecular flexibility index (Phi) is 4.28. The van der Waals surface area contributed by atoms with Crippen LogP contribution < -0.4 is 0 Å². The molecule has 1 amide bonds. The summed E-state index contributed by atoms with van der Waals surface area (Å²) in [4.78, 5) is 14.2. The van der Waals surface area contributed by atoms with Gasteiger partial charge >= 0.3 is 0 Å². The highest BCUT2D eigenvalue weighted by atomic mass is 16.5. The summed E-state index contributed by atoms with van der Waals surface area (Å²) in [6, 6.07) is 10.2. The van der Waals surface area contributed by atoms with E-state index in [0.29, 0.717) is 25.9 Å². The molecule has 0 N–H and O–H groups in total. The maximum atomic E-state index is 12.4. The zero-order chi connectivity index (χ0) is 18.1. The standard InChI is InChI=1S/C19H21N5O2/c1-13-17(14(2)26-21-13)8-9-19(25)23-10-16(11-23)24-12-18(20-22-24)15-6-4-3-5-7-15/h3-7,12,16H,8-11H2,1-2H3. The smallest absolute Gasteiger partial charge is 0.223 e. The van der Waals surface area contributed by atoms with E-state index in [1.807, 2.05) is 60.0 Å². The van der Waals surface area contributed by atoms with Crippen molar-refractivity contribution in [3.63, 3.8) is 0 Å². The lowest BCUT2D eigenvalue weighted by molar-refractivity contribution is -0.137. The van der Waals surface area contributed by atoms with Crippen LogP contribution in [0.25, 0.3) is 11.3 Å². The molecule has 0 bridgehead atoms. The maximum Gasteiger partial charge on any atom is 0.223 e. The van der Waals surface area contributed by atoms with Gasteiger partial charge in [-0.25, -0.2) is 4.68 Å². The minimum absolute atomic E-state index is 0.157. The molecule has 0 unspecified atom stereocenters. The summed E-state index contributed by atoms with van der Waals surface area (Å²) < 4.78 is 7.01. The Morgan fingerprint density at radius 2 is 2.00 bits per heavy atom. The van der Waals surface area contributed by atoms with Crippen LogP contribution in [0.15, 0.2) is 41.1 Å². The maximum absolute atomic E-state index is 12.4. The number of carbonyl (C=O) groups excluding carboxylic acids is 1. The number of amides is 1. The van der Waals surface area contributed by atoms with Gasteiger partial charge in [0.15, 0.2) is 0 Å². The summed E-state index contributed by atoms with van der Waals surface area (Å²) in [6.45, 7) is 5.15. The van der Waals surface area contributed by atoms with Crippen LogP contribution in [0.4, 0.5) is 0 Å². The van der Waals surface area contributed by atoms with Crippen molar-refractivity contribution in [1.29, 1.82) is 0 Å². The molecule has 7 nitrogen and oxygen atoms in total. The molecule has 4 rings (SSSR count). The van der Waals surface area contributed by atoms with E-state index >= 15 is 0 Å². The van der Waals surface area contributed by atoms with Crippen molar-refractivity contribution < 1.29 is 9.32 Å². The summed E-state index contributed by atoms with van der Waals surface area (Å²) in [7, 11) is 0. The lowest BCUT2D eigenvalue weighted by Crippen LogP contribution is -2.51. The fraction of sp³-hybridized carbons (Fsp3) is 0.368. The zero-order valence-electron chi connectivity index (χ0n) is 14.9. The van der Waals surface area contributed by atoms with Crippen LogP contribution >= 0.6 is 0 Å². The summed E-state index contributed by atoms with van der Waals surface area (Å²) in [5, 5.41) is 12.4. The monoisotopic (exact) mass is 351 g/mol. The van der Waals surface area contributed by atoms with Crippen molar-refractivity contribution in [3.05, 3.63) is 53.5 Å². The molecule has 0 saturated carbocycles. The Bertz CT molecular complexity index is 890. The minimum Gasteiger partial charge on any atom is -0.361 e. The van der Waals surface area contributed by atoms with Crippen molar-refractivity contribution in [3.8, 4) is 11.3 Å². The first-order valence-corrected chi connectivity index (χ1v) is 8.78. The van der Waals surface area contributed by atoms with Crippen molar-refractivity contribution in [2.24, 2.45) is 0 Å². The number of hydrogen-bond acceptors (Lipinski definition) is 5. The average molecular weight is 351 g/mol. The topological polar surface area (TPSA) is 77.0 Å². The summed E-state index contributed by atoms with van der Waals surface area (Å²) in [5.41, 5.74) is 3.81. The highest BCUT2D eigenvalue weighted by Crippen LogP contribution is 2.24. The van der Waals surface area contributed by atoms with E-state index in [1.165, 1.54) is 0 Å². The molecule has 0 aliphatic carbocycles. The molecule has 0 spiro atoms. The number of rotatable bonds is 5. The van der Waals surface area contributed by atoms with Gasteiger partial charge in [0.05, 0.1) is 17.9 Å². The highest BCUT2D eigenvalue weighted by Gasteiger charge is 2.32. The minimum atomic E-state index is 0.157. The normalized spacial score (nSPS) is 14.5. The molecular weight excluding hydrogens is 330 g/mol. The van der Waals surface area contributed by atoms with Crippen LogP contribution in [0.3, 0.4) is 0 Å². The first kappa shape index (κ1) is 16.5. The van der Waals surface area contributed by atoms with E-state index in [0.717, 1.165) is 28.3 Å². The number of likely N-dealkylation sites (tertiary alicyclic amines) is 1. The van der Waals surface area contributed by atoms with Gasteiger partial charge in [-0.15, -0.1) is 5.10 Å². The molecule has 134 valence electrons. The molecule has 26 heavy (non-hydrogen) atoms. The summed E-state index contributed by atoms with van der Waals surface area (Å²) in [5.74, 6) is 0.956. The molecule has 1 fully saturated rings. The molecule has 7 heteroatoms. The third-order valence-electron chi connectivity index (χ3n) is 4.94. The number of aromatic nitrogens is 4. The van der Waals surface area contributed by atoms with Gasteiger partial charge in [-0.3, -0.25) is 4.79 Å². The number of nitrogens with zero attached hydrogens (tertiary/aromatic N) is 5. The summed E-state index contributed by atoms with van der Waals surface area (Å²) in [6.07, 6.45) is 3.09. The van der Waals surface area contributed by atoms with Gasteiger partial charge in [0.2, 0.25) is 5.91 Å². The van der Waals surface area contributed by atoms with Crippen LogP contribution in [0.2, 0.25) is 0 Å². The van der Waals surface area contributed by atoms with Gasteiger partial charge in [-0.05, 0) is 20.3 Å². The lowest BCUT2D eigenvalue weighted by atomic mass is 10.0. The van der Waals surface area contributed by atoms with Gasteiger partial charge in [-0.1, -0.05) is 40.7 Å². The lowest BCUT2D eigenvalue weighted by Gasteiger charge is -2.39. The SMILES string of the molecule is Cc1noc(C)c1CCC(=O)N1CC(n2cc(-c3ccccc3)nn2)C1. The highest BCUT2D eigenvalue weighted by molar-refractivity contribution is 5.77. The molecule has 0 radical (unpaired) electrons. The Labute approximate surface area is 151 Å². The Morgan fingerprint density at radius 3 is 2.69 bits per heavy atom. The van der Waals surface area contributed by atoms with E-state index in [1.54, 1.807) is 0 Å². The van der Waals surface area contributed by atoms with Crippen molar-refractivity contribution in [1.82, 2.24) is 25.1 Å². The summed E-state index contributed by atoms with van der Waals surface area (Å²) >= 11 is 0. The van der Waals surface area contributed by atoms with Gasteiger partial charge in [0, 0.05) is 30.6 Å². The molecule has 3 heterocycles. The zero-order valence-corrected chi connectivity index (χ0v) is 14.9. The third kappa shape index (κ3) is 3.12. The number of hydrogen-bond donors (Lipinski definition) is 0. The van der Waals surface area contributed by atoms with Gasteiger partial charge in [0.1, 0.15) is 11.5 Å². The van der Waals surface area contributed by atoms with Crippen molar-refractivity contribution in [2.45, 2.75) is 32.7 Å². The Balaban J connectivity index is 1.31. The van der Waals surface area contributed by atoms with Crippen LogP contribution in [0.1, 0.15) is 29.5 Å². The van der Waals surface area contributed by atoms with Crippen molar-refractivity contribution in [2.75, 3.05) is 13.1 Å². The van der Waals surface area contributed by atoms with Gasteiger partial charge < -0.3 is 9.42 Å². The molecule has 0 atom stereocenters. The van der Waals surface area contributed by atoms with E-state index in [9.17, 15) is 4.79 Å². The third-order valence-corrected chi connectivity index (χ3v) is 4.94. The van der Waals surface area contributed by atoms with Crippen molar-refractivity contribution >= 4 is 5.91 Å². The van der Waals surface area contributed by atoms with E-state index in [4.69, 9.17) is 4.52 Å². The van der Waals surface area contributed by atoms with Crippen LogP contribution in [-0.4, -0.2) is 44.0 Å². The Morgan fingerprint density at radius 1 is 1.23 bits per heavy atom. The second kappa shape index (κ2) is 6.74. The number of aryl methyl sites for hydroxylation is 2. The Hall–Kier alpha value is -2.96. The predicted octanol–water partition coefficient (Wildman–Crippen LogP) is 2.57. The van der Waals surface area contributed by atoms with Gasteiger partial charge in [-0.2, -0.15) is 0 Å².